The smallest absolute Gasteiger partial charge is 0.253 e. The summed E-state index contributed by atoms with van der Waals surface area (Å²) in [5.74, 6) is 2.04. The van der Waals surface area contributed by atoms with Crippen molar-refractivity contribution in [3.8, 4) is 0 Å². The Morgan fingerprint density at radius 1 is 1.08 bits per heavy atom. The lowest BCUT2D eigenvalue weighted by Gasteiger charge is -2.16. The zero-order valence-electron chi connectivity index (χ0n) is 14.0. The number of thioether (sulfide) groups is 2. The van der Waals surface area contributed by atoms with Gasteiger partial charge in [-0.3, -0.25) is 4.79 Å². The number of rotatable bonds is 3. The topological polar surface area (TPSA) is 32.7 Å². The van der Waals surface area contributed by atoms with E-state index in [1.807, 2.05) is 23.1 Å². The van der Waals surface area contributed by atoms with Gasteiger partial charge >= 0.3 is 0 Å². The van der Waals surface area contributed by atoms with Crippen LogP contribution in [0.25, 0.3) is 0 Å². The van der Waals surface area contributed by atoms with Crippen LogP contribution in [-0.2, 0) is 11.5 Å². The fraction of sp³-hybridized carbons (Fsp3) is 0.300. The third kappa shape index (κ3) is 3.93. The van der Waals surface area contributed by atoms with Crippen LogP contribution in [0.3, 0.4) is 0 Å². The number of hydrogen-bond donors (Lipinski definition) is 0. The lowest BCUT2D eigenvalue weighted by molar-refractivity contribution is 0.0793. The van der Waals surface area contributed by atoms with Gasteiger partial charge in [-0.2, -0.15) is 0 Å². The first-order valence-corrected chi connectivity index (χ1v) is 10.6. The summed E-state index contributed by atoms with van der Waals surface area (Å²) in [5, 5.41) is 0. The summed E-state index contributed by atoms with van der Waals surface area (Å²) in [4.78, 5) is 19.1. The molecule has 0 unspecified atom stereocenters. The van der Waals surface area contributed by atoms with Gasteiger partial charge in [0.2, 0.25) is 0 Å². The number of fused-ring (bicyclic) bond motifs is 1. The highest BCUT2D eigenvalue weighted by molar-refractivity contribution is 8.38. The van der Waals surface area contributed by atoms with E-state index in [4.69, 9.17) is 4.99 Å². The first-order valence-electron chi connectivity index (χ1n) is 8.60. The molecule has 5 heteroatoms. The van der Waals surface area contributed by atoms with Crippen LogP contribution in [0.2, 0.25) is 0 Å². The predicted octanol–water partition coefficient (Wildman–Crippen LogP) is 5.09. The van der Waals surface area contributed by atoms with Crippen LogP contribution in [0.1, 0.15) is 34.3 Å². The van der Waals surface area contributed by atoms with E-state index < -0.39 is 0 Å². The van der Waals surface area contributed by atoms with E-state index in [2.05, 4.69) is 30.3 Å². The van der Waals surface area contributed by atoms with E-state index in [1.165, 1.54) is 11.1 Å². The van der Waals surface area contributed by atoms with Crippen molar-refractivity contribution in [2.75, 3.05) is 13.1 Å². The number of aliphatic imine (C=N–C) groups is 1. The quantitative estimate of drug-likeness (QED) is 0.756. The van der Waals surface area contributed by atoms with Gasteiger partial charge in [0.1, 0.15) is 4.38 Å². The monoisotopic (exact) mass is 368 g/mol. The average molecular weight is 369 g/mol. The van der Waals surface area contributed by atoms with Gasteiger partial charge in [0.15, 0.2) is 0 Å². The van der Waals surface area contributed by atoms with E-state index in [1.54, 1.807) is 23.5 Å². The van der Waals surface area contributed by atoms with Crippen LogP contribution >= 0.6 is 23.5 Å². The first kappa shape index (κ1) is 16.7. The third-order valence-electron chi connectivity index (χ3n) is 4.51. The molecular formula is C20H20N2OS2. The number of benzene rings is 2. The number of amides is 1. The molecule has 1 fully saturated rings. The van der Waals surface area contributed by atoms with E-state index in [0.29, 0.717) is 0 Å². The molecule has 0 saturated carbocycles. The van der Waals surface area contributed by atoms with E-state index in [9.17, 15) is 4.79 Å². The summed E-state index contributed by atoms with van der Waals surface area (Å²) in [6, 6.07) is 16.4. The molecule has 1 saturated heterocycles. The van der Waals surface area contributed by atoms with Crippen molar-refractivity contribution in [1.29, 1.82) is 0 Å². The summed E-state index contributed by atoms with van der Waals surface area (Å²) >= 11 is 3.57. The van der Waals surface area contributed by atoms with Gasteiger partial charge in [-0.15, -0.1) is 0 Å². The van der Waals surface area contributed by atoms with Crippen LogP contribution in [0.15, 0.2) is 53.5 Å². The predicted molar refractivity (Wildman–Crippen MR) is 108 cm³/mol. The van der Waals surface area contributed by atoms with E-state index in [-0.39, 0.29) is 5.91 Å². The summed E-state index contributed by atoms with van der Waals surface area (Å²) in [6.45, 7) is 1.80. The molecule has 128 valence electrons. The minimum Gasteiger partial charge on any atom is -0.339 e. The highest BCUT2D eigenvalue weighted by atomic mass is 32.2. The van der Waals surface area contributed by atoms with Crippen molar-refractivity contribution in [2.24, 2.45) is 4.99 Å². The normalized spacial score (nSPS) is 16.5. The van der Waals surface area contributed by atoms with Crippen LogP contribution in [0.4, 0.5) is 5.69 Å². The molecule has 0 aromatic heterocycles. The van der Waals surface area contributed by atoms with Gasteiger partial charge in [0.05, 0.1) is 5.69 Å². The number of hydrogen-bond acceptors (Lipinski definition) is 4. The summed E-state index contributed by atoms with van der Waals surface area (Å²) < 4.78 is 1.12. The van der Waals surface area contributed by atoms with Gasteiger partial charge in [-0.1, -0.05) is 53.9 Å². The molecule has 2 heterocycles. The number of para-hydroxylation sites is 1. The molecule has 2 aliphatic rings. The van der Waals surface area contributed by atoms with Crippen molar-refractivity contribution in [2.45, 2.75) is 24.3 Å². The molecule has 0 atom stereocenters. The standard InChI is InChI=1S/C20H20N2OS2/c23-19(22-11-3-4-12-22)16-9-7-15(8-10-16)13-24-20-21-18-6-2-1-5-17(18)14-25-20/h1-2,5-10H,3-4,11-14H2. The number of carbonyl (C=O) groups is 1. The summed E-state index contributed by atoms with van der Waals surface area (Å²) in [7, 11) is 0. The molecule has 0 bridgehead atoms. The second kappa shape index (κ2) is 7.67. The van der Waals surface area contributed by atoms with Crippen molar-refractivity contribution < 1.29 is 4.79 Å². The summed E-state index contributed by atoms with van der Waals surface area (Å²) in [6.07, 6.45) is 2.26. The van der Waals surface area contributed by atoms with Gasteiger partial charge in [0, 0.05) is 30.2 Å². The largest absolute Gasteiger partial charge is 0.339 e. The second-order valence-corrected chi connectivity index (χ2v) is 8.47. The molecule has 3 nitrogen and oxygen atoms in total. The molecule has 0 aliphatic carbocycles. The van der Waals surface area contributed by atoms with E-state index in [0.717, 1.165) is 53.1 Å². The Hall–Kier alpha value is -1.72. The van der Waals surface area contributed by atoms with Crippen LogP contribution < -0.4 is 0 Å². The molecule has 0 radical (unpaired) electrons. The van der Waals surface area contributed by atoms with E-state index >= 15 is 0 Å². The van der Waals surface area contributed by atoms with Crippen molar-refractivity contribution in [3.05, 3.63) is 65.2 Å². The minimum atomic E-state index is 0.167. The van der Waals surface area contributed by atoms with Crippen molar-refractivity contribution in [1.82, 2.24) is 4.90 Å². The Morgan fingerprint density at radius 3 is 2.64 bits per heavy atom. The maximum absolute atomic E-state index is 12.4. The minimum absolute atomic E-state index is 0.167. The lowest BCUT2D eigenvalue weighted by Crippen LogP contribution is -2.27. The molecular weight excluding hydrogens is 348 g/mol. The lowest BCUT2D eigenvalue weighted by atomic mass is 10.1. The van der Waals surface area contributed by atoms with Crippen LogP contribution in [-0.4, -0.2) is 28.3 Å². The second-order valence-electron chi connectivity index (χ2n) is 6.28. The highest BCUT2D eigenvalue weighted by Crippen LogP contribution is 2.35. The average Bonchev–Trinajstić information content (AvgIpc) is 3.21. The SMILES string of the molecule is O=C(c1ccc(CSC2=Nc3ccccc3CS2)cc1)N1CCCC1. The maximum Gasteiger partial charge on any atom is 0.253 e. The van der Waals surface area contributed by atoms with Crippen LogP contribution in [0, 0.1) is 0 Å². The van der Waals surface area contributed by atoms with Gasteiger partial charge < -0.3 is 4.90 Å². The van der Waals surface area contributed by atoms with Crippen molar-refractivity contribution >= 4 is 39.5 Å². The Labute approximate surface area is 156 Å². The first-order chi connectivity index (χ1) is 12.3. The molecule has 2 aromatic carbocycles. The Balaban J connectivity index is 1.37. The molecule has 2 aliphatic heterocycles. The molecule has 0 spiro atoms. The molecule has 1 amide bonds. The molecule has 2 aromatic rings. The Morgan fingerprint density at radius 2 is 1.84 bits per heavy atom. The fourth-order valence-electron chi connectivity index (χ4n) is 3.08. The van der Waals surface area contributed by atoms with Gasteiger partial charge in [-0.05, 0) is 42.2 Å². The van der Waals surface area contributed by atoms with Crippen LogP contribution in [0.5, 0.6) is 0 Å². The number of likely N-dealkylation sites (tertiary alicyclic amines) is 1. The maximum atomic E-state index is 12.4. The zero-order valence-corrected chi connectivity index (χ0v) is 15.6. The Kier molecular flexibility index (Phi) is 5.13. The van der Waals surface area contributed by atoms with Gasteiger partial charge in [0.25, 0.3) is 5.91 Å². The fourth-order valence-corrected chi connectivity index (χ4v) is 5.10. The third-order valence-corrected chi connectivity index (χ3v) is 6.83. The zero-order chi connectivity index (χ0) is 17.1. The summed E-state index contributed by atoms with van der Waals surface area (Å²) in [5.41, 5.74) is 4.43. The number of carbonyl (C=O) groups excluding carboxylic acids is 1. The van der Waals surface area contributed by atoms with Gasteiger partial charge in [-0.25, -0.2) is 4.99 Å². The highest BCUT2D eigenvalue weighted by Gasteiger charge is 2.19. The molecule has 25 heavy (non-hydrogen) atoms. The Bertz CT molecular complexity index is 796. The molecule has 4 rings (SSSR count). The van der Waals surface area contributed by atoms with Crippen molar-refractivity contribution in [3.63, 3.8) is 0 Å². The number of nitrogens with zero attached hydrogens (tertiary/aromatic N) is 2. The molecule has 0 N–H and O–H groups in total.